The number of methoxy groups -OCH3 is 1. The van der Waals surface area contributed by atoms with E-state index >= 15 is 0 Å². The van der Waals surface area contributed by atoms with E-state index in [-0.39, 0.29) is 0 Å². The fourth-order valence-electron chi connectivity index (χ4n) is 2.52. The van der Waals surface area contributed by atoms with E-state index in [2.05, 4.69) is 0 Å². The van der Waals surface area contributed by atoms with Crippen molar-refractivity contribution >= 4 is 11.7 Å². The van der Waals surface area contributed by atoms with E-state index in [0.29, 0.717) is 30.9 Å². The molecule has 5 heteroatoms. The lowest BCUT2D eigenvalue weighted by Crippen LogP contribution is -2.32. The summed E-state index contributed by atoms with van der Waals surface area (Å²) in [4.78, 5) is 11.8. The van der Waals surface area contributed by atoms with E-state index in [1.165, 1.54) is 7.11 Å². The highest BCUT2D eigenvalue weighted by Crippen LogP contribution is 2.31. The molecular weight excluding hydrogens is 258 g/mol. The Kier molecular flexibility index (Phi) is 4.30. The third-order valence-corrected chi connectivity index (χ3v) is 3.63. The zero-order valence-corrected chi connectivity index (χ0v) is 12.2. The van der Waals surface area contributed by atoms with Crippen molar-refractivity contribution in [3.8, 4) is 0 Å². The molecule has 1 saturated heterocycles. The standard InChI is InChI=1S/C15H21NO4/c1-4-15(19-5-6-20-15)9-11-7-10(2)8-12(13(11)16)14(17)18-3/h7-8H,4-6,9,16H2,1-3H3. The average molecular weight is 279 g/mol. The second-order valence-corrected chi connectivity index (χ2v) is 5.01. The van der Waals surface area contributed by atoms with Gasteiger partial charge in [0.05, 0.1) is 25.9 Å². The SMILES string of the molecule is CCC1(Cc2cc(C)cc(C(=O)OC)c2N)OCCO1. The van der Waals surface area contributed by atoms with E-state index in [0.717, 1.165) is 17.5 Å². The van der Waals surface area contributed by atoms with Crippen LogP contribution in [0, 0.1) is 6.92 Å². The van der Waals surface area contributed by atoms with Gasteiger partial charge in [0.15, 0.2) is 5.79 Å². The first-order chi connectivity index (χ1) is 9.51. The Labute approximate surface area is 119 Å². The molecule has 1 aromatic rings. The molecule has 0 amide bonds. The Bertz CT molecular complexity index is 507. The van der Waals surface area contributed by atoms with E-state index in [1.54, 1.807) is 6.07 Å². The minimum atomic E-state index is -0.630. The Morgan fingerprint density at radius 1 is 1.40 bits per heavy atom. The lowest BCUT2D eigenvalue weighted by molar-refractivity contribution is -0.157. The first-order valence-corrected chi connectivity index (χ1v) is 6.76. The molecule has 1 fully saturated rings. The van der Waals surface area contributed by atoms with Crippen LogP contribution in [0.3, 0.4) is 0 Å². The van der Waals surface area contributed by atoms with Gasteiger partial charge >= 0.3 is 5.97 Å². The Hall–Kier alpha value is -1.59. The fourth-order valence-corrected chi connectivity index (χ4v) is 2.52. The molecule has 20 heavy (non-hydrogen) atoms. The predicted octanol–water partition coefficient (Wildman–Crippen LogP) is 2.06. The molecule has 0 bridgehead atoms. The van der Waals surface area contributed by atoms with E-state index in [4.69, 9.17) is 19.9 Å². The number of benzene rings is 1. The molecule has 1 aliphatic rings. The van der Waals surface area contributed by atoms with Crippen LogP contribution in [0.5, 0.6) is 0 Å². The number of hydrogen-bond acceptors (Lipinski definition) is 5. The molecule has 5 nitrogen and oxygen atoms in total. The summed E-state index contributed by atoms with van der Waals surface area (Å²) in [5.74, 6) is -1.05. The number of rotatable bonds is 4. The van der Waals surface area contributed by atoms with Crippen LogP contribution in [0.15, 0.2) is 12.1 Å². The van der Waals surface area contributed by atoms with Crippen molar-refractivity contribution in [2.24, 2.45) is 0 Å². The van der Waals surface area contributed by atoms with Gasteiger partial charge in [0.25, 0.3) is 0 Å². The summed E-state index contributed by atoms with van der Waals surface area (Å²) in [7, 11) is 1.35. The summed E-state index contributed by atoms with van der Waals surface area (Å²) < 4.78 is 16.2. The lowest BCUT2D eigenvalue weighted by atomic mass is 9.96. The van der Waals surface area contributed by atoms with Gasteiger partial charge in [-0.05, 0) is 30.5 Å². The maximum Gasteiger partial charge on any atom is 0.339 e. The number of nitrogen functional groups attached to an aromatic ring is 1. The number of ether oxygens (including phenoxy) is 3. The monoisotopic (exact) mass is 279 g/mol. The number of anilines is 1. The summed E-state index contributed by atoms with van der Waals surface area (Å²) in [6.07, 6.45) is 1.26. The summed E-state index contributed by atoms with van der Waals surface area (Å²) in [6, 6.07) is 3.70. The number of carbonyl (C=O) groups is 1. The van der Waals surface area contributed by atoms with Crippen molar-refractivity contribution in [2.45, 2.75) is 32.5 Å². The molecule has 0 aromatic heterocycles. The first-order valence-electron chi connectivity index (χ1n) is 6.76. The number of esters is 1. The summed E-state index contributed by atoms with van der Waals surface area (Å²) in [6.45, 7) is 5.11. The lowest BCUT2D eigenvalue weighted by Gasteiger charge is -2.27. The average Bonchev–Trinajstić information content (AvgIpc) is 2.90. The van der Waals surface area contributed by atoms with Crippen molar-refractivity contribution in [3.63, 3.8) is 0 Å². The molecule has 0 saturated carbocycles. The summed E-state index contributed by atoms with van der Waals surface area (Å²) in [5, 5.41) is 0. The van der Waals surface area contributed by atoms with Gasteiger partial charge in [-0.15, -0.1) is 0 Å². The van der Waals surface area contributed by atoms with Crippen molar-refractivity contribution < 1.29 is 19.0 Å². The number of hydrogen-bond donors (Lipinski definition) is 1. The van der Waals surface area contributed by atoms with Crippen LogP contribution in [0.4, 0.5) is 5.69 Å². The zero-order valence-electron chi connectivity index (χ0n) is 12.2. The highest BCUT2D eigenvalue weighted by atomic mass is 16.7. The van der Waals surface area contributed by atoms with Gasteiger partial charge in [0, 0.05) is 12.1 Å². The number of aryl methyl sites for hydroxylation is 1. The molecule has 0 radical (unpaired) electrons. The third kappa shape index (κ3) is 2.78. The van der Waals surface area contributed by atoms with Gasteiger partial charge in [-0.3, -0.25) is 0 Å². The highest BCUT2D eigenvalue weighted by Gasteiger charge is 2.35. The van der Waals surface area contributed by atoms with Crippen molar-refractivity contribution in [3.05, 3.63) is 28.8 Å². The maximum absolute atomic E-state index is 11.8. The molecular formula is C15H21NO4. The molecule has 2 N–H and O–H groups in total. The number of carbonyl (C=O) groups excluding carboxylic acids is 1. The van der Waals surface area contributed by atoms with Crippen molar-refractivity contribution in [1.29, 1.82) is 0 Å². The normalized spacial score (nSPS) is 17.1. The van der Waals surface area contributed by atoms with Crippen LogP contribution in [-0.4, -0.2) is 32.1 Å². The topological polar surface area (TPSA) is 70.8 Å². The van der Waals surface area contributed by atoms with Gasteiger partial charge < -0.3 is 19.9 Å². The quantitative estimate of drug-likeness (QED) is 0.674. The molecule has 0 atom stereocenters. The largest absolute Gasteiger partial charge is 0.465 e. The molecule has 1 aliphatic heterocycles. The predicted molar refractivity (Wildman–Crippen MR) is 75.6 cm³/mol. The van der Waals surface area contributed by atoms with E-state index in [9.17, 15) is 4.79 Å². The van der Waals surface area contributed by atoms with Gasteiger partial charge in [0.2, 0.25) is 0 Å². The minimum absolute atomic E-state index is 0.395. The zero-order chi connectivity index (χ0) is 14.8. The van der Waals surface area contributed by atoms with Gasteiger partial charge in [-0.2, -0.15) is 0 Å². The van der Waals surface area contributed by atoms with E-state index < -0.39 is 11.8 Å². The van der Waals surface area contributed by atoms with Crippen LogP contribution in [-0.2, 0) is 20.6 Å². The van der Waals surface area contributed by atoms with Crippen LogP contribution in [0.2, 0.25) is 0 Å². The second-order valence-electron chi connectivity index (χ2n) is 5.01. The van der Waals surface area contributed by atoms with Gasteiger partial charge in [0.1, 0.15) is 0 Å². The van der Waals surface area contributed by atoms with Crippen LogP contribution in [0.1, 0.15) is 34.8 Å². The molecule has 0 spiro atoms. The maximum atomic E-state index is 11.8. The molecule has 0 aliphatic carbocycles. The molecule has 110 valence electrons. The Morgan fingerprint density at radius 2 is 2.05 bits per heavy atom. The molecule has 0 unspecified atom stereocenters. The second kappa shape index (κ2) is 5.81. The van der Waals surface area contributed by atoms with Gasteiger partial charge in [-0.1, -0.05) is 13.0 Å². The summed E-state index contributed by atoms with van der Waals surface area (Å²) >= 11 is 0. The minimum Gasteiger partial charge on any atom is -0.465 e. The van der Waals surface area contributed by atoms with Crippen LogP contribution < -0.4 is 5.73 Å². The van der Waals surface area contributed by atoms with Crippen LogP contribution >= 0.6 is 0 Å². The highest BCUT2D eigenvalue weighted by molar-refractivity contribution is 5.96. The van der Waals surface area contributed by atoms with Crippen molar-refractivity contribution in [2.75, 3.05) is 26.1 Å². The fraction of sp³-hybridized carbons (Fsp3) is 0.533. The molecule has 1 heterocycles. The third-order valence-electron chi connectivity index (χ3n) is 3.63. The molecule has 1 aromatic carbocycles. The molecule has 2 rings (SSSR count). The van der Waals surface area contributed by atoms with Crippen molar-refractivity contribution in [1.82, 2.24) is 0 Å². The van der Waals surface area contributed by atoms with Gasteiger partial charge in [-0.25, -0.2) is 4.79 Å². The van der Waals surface area contributed by atoms with Crippen LogP contribution in [0.25, 0.3) is 0 Å². The first kappa shape index (κ1) is 14.8. The number of nitrogens with two attached hydrogens (primary N) is 1. The Balaban J connectivity index is 2.36. The summed E-state index contributed by atoms with van der Waals surface area (Å²) in [5.41, 5.74) is 8.76. The van der Waals surface area contributed by atoms with E-state index in [1.807, 2.05) is 19.9 Å². The smallest absolute Gasteiger partial charge is 0.339 e. The Morgan fingerprint density at radius 3 is 2.60 bits per heavy atom.